The molecule has 0 aromatic carbocycles. The predicted molar refractivity (Wildman–Crippen MR) is 54.5 cm³/mol. The standard InChI is InChI=1S/C7H7N5O2S/c8-5-4-6(10-2-9-5)12-7(11-4)15-1-3(13)14/h2H,1H2,(H,13,14)(H3,8,9,10,11,12). The second-order valence-electron chi connectivity index (χ2n) is 2.68. The van der Waals surface area contributed by atoms with Crippen LogP contribution in [0.25, 0.3) is 11.2 Å². The number of nitrogen functional groups attached to an aromatic ring is 1. The second kappa shape index (κ2) is 3.73. The molecule has 0 fully saturated rings. The zero-order valence-electron chi connectivity index (χ0n) is 7.47. The summed E-state index contributed by atoms with van der Waals surface area (Å²) in [5.74, 6) is -0.665. The summed E-state index contributed by atoms with van der Waals surface area (Å²) in [5.41, 5.74) is 6.55. The summed E-state index contributed by atoms with van der Waals surface area (Å²) in [5, 5.41) is 8.96. The van der Waals surface area contributed by atoms with E-state index in [9.17, 15) is 4.79 Å². The fraction of sp³-hybridized carbons (Fsp3) is 0.143. The molecule has 7 nitrogen and oxygen atoms in total. The van der Waals surface area contributed by atoms with Gasteiger partial charge in [-0.15, -0.1) is 0 Å². The predicted octanol–water partition coefficient (Wildman–Crippen LogP) is 0.112. The zero-order chi connectivity index (χ0) is 10.8. The molecule has 8 heteroatoms. The summed E-state index contributed by atoms with van der Waals surface area (Å²) in [6.07, 6.45) is 1.31. The number of imidazole rings is 1. The van der Waals surface area contributed by atoms with Crippen LogP contribution in [-0.4, -0.2) is 36.8 Å². The molecule has 2 aromatic heterocycles. The number of fused-ring (bicyclic) bond motifs is 1. The van der Waals surface area contributed by atoms with E-state index in [1.54, 1.807) is 0 Å². The van der Waals surface area contributed by atoms with Crippen LogP contribution >= 0.6 is 11.8 Å². The number of nitrogens with two attached hydrogens (primary N) is 1. The van der Waals surface area contributed by atoms with Gasteiger partial charge >= 0.3 is 5.97 Å². The maximum Gasteiger partial charge on any atom is 0.313 e. The molecule has 0 saturated carbocycles. The number of rotatable bonds is 3. The molecular weight excluding hydrogens is 218 g/mol. The number of carboxylic acid groups (broad SMARTS) is 1. The van der Waals surface area contributed by atoms with Crippen molar-refractivity contribution >= 4 is 34.7 Å². The highest BCUT2D eigenvalue weighted by molar-refractivity contribution is 7.99. The number of hydrogen-bond acceptors (Lipinski definition) is 6. The molecule has 15 heavy (non-hydrogen) atoms. The van der Waals surface area contributed by atoms with Crippen molar-refractivity contribution in [2.24, 2.45) is 0 Å². The lowest BCUT2D eigenvalue weighted by molar-refractivity contribution is -0.133. The molecule has 0 amide bonds. The van der Waals surface area contributed by atoms with Crippen LogP contribution in [-0.2, 0) is 4.79 Å². The number of thioether (sulfide) groups is 1. The zero-order valence-corrected chi connectivity index (χ0v) is 8.28. The van der Waals surface area contributed by atoms with Gasteiger partial charge in [-0.05, 0) is 0 Å². The lowest BCUT2D eigenvalue weighted by atomic mass is 10.5. The molecule has 0 atom stereocenters. The number of carbonyl (C=O) groups is 1. The Hall–Kier alpha value is -1.83. The smallest absolute Gasteiger partial charge is 0.313 e. The number of aliphatic carboxylic acids is 1. The first-order valence-electron chi connectivity index (χ1n) is 3.97. The van der Waals surface area contributed by atoms with Crippen molar-refractivity contribution in [2.45, 2.75) is 5.16 Å². The number of aromatic nitrogens is 4. The summed E-state index contributed by atoms with van der Waals surface area (Å²) in [7, 11) is 0. The van der Waals surface area contributed by atoms with Crippen LogP contribution in [0.15, 0.2) is 11.5 Å². The van der Waals surface area contributed by atoms with E-state index in [4.69, 9.17) is 10.8 Å². The average molecular weight is 225 g/mol. The summed E-state index contributed by atoms with van der Waals surface area (Å²) in [4.78, 5) is 24.9. The number of anilines is 1. The van der Waals surface area contributed by atoms with Crippen molar-refractivity contribution in [3.63, 3.8) is 0 Å². The monoisotopic (exact) mass is 225 g/mol. The number of nitrogens with one attached hydrogen (secondary N) is 1. The van der Waals surface area contributed by atoms with Crippen LogP contribution in [0.4, 0.5) is 5.82 Å². The third kappa shape index (κ3) is 1.99. The first kappa shape index (κ1) is 9.71. The summed E-state index contributed by atoms with van der Waals surface area (Å²) < 4.78 is 0. The Morgan fingerprint density at radius 3 is 3.07 bits per heavy atom. The third-order valence-electron chi connectivity index (χ3n) is 1.63. The minimum atomic E-state index is -0.903. The van der Waals surface area contributed by atoms with Gasteiger partial charge < -0.3 is 15.8 Å². The van der Waals surface area contributed by atoms with Gasteiger partial charge in [-0.25, -0.2) is 15.0 Å². The van der Waals surface area contributed by atoms with Crippen LogP contribution in [0.2, 0.25) is 0 Å². The Bertz CT molecular complexity index is 511. The molecule has 0 spiro atoms. The molecule has 2 heterocycles. The van der Waals surface area contributed by atoms with E-state index in [1.807, 2.05) is 0 Å². The molecular formula is C7H7N5O2S. The van der Waals surface area contributed by atoms with E-state index >= 15 is 0 Å². The fourth-order valence-electron chi connectivity index (χ4n) is 1.02. The molecule has 0 aliphatic rings. The molecule has 0 unspecified atom stereocenters. The Kier molecular flexibility index (Phi) is 2.42. The Morgan fingerprint density at radius 1 is 1.60 bits per heavy atom. The highest BCUT2D eigenvalue weighted by Gasteiger charge is 2.08. The number of hydrogen-bond donors (Lipinski definition) is 3. The first-order valence-corrected chi connectivity index (χ1v) is 4.96. The van der Waals surface area contributed by atoms with Crippen molar-refractivity contribution < 1.29 is 9.90 Å². The van der Waals surface area contributed by atoms with Gasteiger partial charge in [0.1, 0.15) is 11.8 Å². The van der Waals surface area contributed by atoms with E-state index < -0.39 is 5.97 Å². The average Bonchev–Trinajstić information content (AvgIpc) is 2.59. The van der Waals surface area contributed by atoms with E-state index in [0.717, 1.165) is 11.8 Å². The van der Waals surface area contributed by atoms with Gasteiger partial charge in [0.05, 0.1) is 5.75 Å². The number of nitrogens with zero attached hydrogens (tertiary/aromatic N) is 3. The van der Waals surface area contributed by atoms with Crippen LogP contribution < -0.4 is 5.73 Å². The van der Waals surface area contributed by atoms with E-state index in [-0.39, 0.29) is 5.75 Å². The molecule has 2 rings (SSSR count). The minimum absolute atomic E-state index is 0.0623. The molecule has 0 aliphatic carbocycles. The molecule has 2 aromatic rings. The Labute approximate surface area is 88.1 Å². The first-order chi connectivity index (χ1) is 7.16. The lowest BCUT2D eigenvalue weighted by Gasteiger charge is -1.90. The summed E-state index contributed by atoms with van der Waals surface area (Å²) in [6.45, 7) is 0. The minimum Gasteiger partial charge on any atom is -0.481 e. The molecule has 0 bridgehead atoms. The van der Waals surface area contributed by atoms with Crippen molar-refractivity contribution in [1.29, 1.82) is 0 Å². The van der Waals surface area contributed by atoms with Crippen molar-refractivity contribution in [1.82, 2.24) is 19.9 Å². The normalized spacial score (nSPS) is 10.7. The van der Waals surface area contributed by atoms with Gasteiger partial charge in [0, 0.05) is 0 Å². The van der Waals surface area contributed by atoms with Crippen LogP contribution in [0.1, 0.15) is 0 Å². The van der Waals surface area contributed by atoms with Gasteiger partial charge in [0.15, 0.2) is 16.6 Å². The summed E-state index contributed by atoms with van der Waals surface area (Å²) in [6, 6.07) is 0. The number of aromatic amines is 1. The quantitative estimate of drug-likeness (QED) is 0.634. The van der Waals surface area contributed by atoms with Gasteiger partial charge in [-0.3, -0.25) is 4.79 Å². The fourth-order valence-corrected chi connectivity index (χ4v) is 1.61. The third-order valence-corrected chi connectivity index (χ3v) is 2.49. The van der Waals surface area contributed by atoms with Gasteiger partial charge in [-0.1, -0.05) is 11.8 Å². The maximum atomic E-state index is 10.3. The molecule has 0 radical (unpaired) electrons. The van der Waals surface area contributed by atoms with Crippen molar-refractivity contribution in [3.8, 4) is 0 Å². The van der Waals surface area contributed by atoms with Crippen molar-refractivity contribution in [3.05, 3.63) is 6.33 Å². The Morgan fingerprint density at radius 2 is 2.40 bits per heavy atom. The lowest BCUT2D eigenvalue weighted by Crippen LogP contribution is -1.97. The summed E-state index contributed by atoms with van der Waals surface area (Å²) >= 11 is 1.07. The highest BCUT2D eigenvalue weighted by Crippen LogP contribution is 2.19. The SMILES string of the molecule is Nc1ncnc2nc(SCC(=O)O)[nH]c12. The van der Waals surface area contributed by atoms with Crippen LogP contribution in [0, 0.1) is 0 Å². The second-order valence-corrected chi connectivity index (χ2v) is 3.65. The number of H-pyrrole nitrogens is 1. The molecule has 0 saturated heterocycles. The van der Waals surface area contributed by atoms with E-state index in [1.165, 1.54) is 6.33 Å². The molecule has 0 aliphatic heterocycles. The number of carboxylic acids is 1. The Balaban J connectivity index is 2.31. The molecule has 4 N–H and O–H groups in total. The topological polar surface area (TPSA) is 118 Å². The van der Waals surface area contributed by atoms with Crippen LogP contribution in [0.5, 0.6) is 0 Å². The van der Waals surface area contributed by atoms with Gasteiger partial charge in [0.2, 0.25) is 0 Å². The van der Waals surface area contributed by atoms with Crippen molar-refractivity contribution in [2.75, 3.05) is 11.5 Å². The van der Waals surface area contributed by atoms with Gasteiger partial charge in [0.25, 0.3) is 0 Å². The van der Waals surface area contributed by atoms with Crippen LogP contribution in [0.3, 0.4) is 0 Å². The van der Waals surface area contributed by atoms with Gasteiger partial charge in [-0.2, -0.15) is 0 Å². The highest BCUT2D eigenvalue weighted by atomic mass is 32.2. The van der Waals surface area contributed by atoms with E-state index in [0.29, 0.717) is 22.1 Å². The van der Waals surface area contributed by atoms with E-state index in [2.05, 4.69) is 19.9 Å². The largest absolute Gasteiger partial charge is 0.481 e. The molecule has 78 valence electrons. The maximum absolute atomic E-state index is 10.3.